The Morgan fingerprint density at radius 2 is 2.08 bits per heavy atom. The topological polar surface area (TPSA) is 95.2 Å². The van der Waals surface area contributed by atoms with Crippen molar-refractivity contribution in [2.24, 2.45) is 14.1 Å². The quantitative estimate of drug-likeness (QED) is 0.849. The Morgan fingerprint density at radius 1 is 1.33 bits per heavy atom. The number of nitrogens with one attached hydrogen (secondary N) is 1. The van der Waals surface area contributed by atoms with Gasteiger partial charge in [0.1, 0.15) is 11.3 Å². The first-order valence-electron chi connectivity index (χ1n) is 7.89. The molecule has 2 aromatic heterocycles. The number of hydrogen-bond acceptors (Lipinski definition) is 5. The molecule has 1 N–H and O–H groups in total. The molecule has 3 rings (SSSR count). The molecular weight excluding hydrogens is 312 g/mol. The van der Waals surface area contributed by atoms with Crippen molar-refractivity contribution in [1.82, 2.24) is 19.4 Å². The third kappa shape index (κ3) is 2.73. The van der Waals surface area contributed by atoms with Gasteiger partial charge in [0.15, 0.2) is 0 Å². The van der Waals surface area contributed by atoms with E-state index in [1.807, 2.05) is 6.92 Å². The second kappa shape index (κ2) is 6.20. The molecule has 3 heterocycles. The number of amides is 1. The third-order valence-electron chi connectivity index (χ3n) is 4.42. The van der Waals surface area contributed by atoms with Crippen LogP contribution in [-0.2, 0) is 18.8 Å². The molecule has 1 saturated heterocycles. The lowest BCUT2D eigenvalue weighted by molar-refractivity contribution is 0.0709. The molecule has 1 fully saturated rings. The van der Waals surface area contributed by atoms with Crippen molar-refractivity contribution in [3.05, 3.63) is 38.7 Å². The van der Waals surface area contributed by atoms with Gasteiger partial charge in [0.2, 0.25) is 0 Å². The predicted octanol–water partition coefficient (Wildman–Crippen LogP) is -0.0705. The molecule has 0 unspecified atom stereocenters. The maximum atomic E-state index is 12.4. The zero-order chi connectivity index (χ0) is 17.4. The summed E-state index contributed by atoms with van der Waals surface area (Å²) in [6.07, 6.45) is 1.91. The number of nitrogens with zero attached hydrogens (tertiary/aromatic N) is 3. The molecule has 2 atom stereocenters. The summed E-state index contributed by atoms with van der Waals surface area (Å²) in [4.78, 5) is 40.7. The van der Waals surface area contributed by atoms with Gasteiger partial charge in [-0.15, -0.1) is 0 Å². The average Bonchev–Trinajstić information content (AvgIpc) is 3.12. The summed E-state index contributed by atoms with van der Waals surface area (Å²) in [6.45, 7) is 2.60. The van der Waals surface area contributed by atoms with E-state index in [2.05, 4.69) is 10.3 Å². The van der Waals surface area contributed by atoms with Gasteiger partial charge in [0.25, 0.3) is 11.5 Å². The maximum absolute atomic E-state index is 12.4. The van der Waals surface area contributed by atoms with Crippen molar-refractivity contribution in [3.63, 3.8) is 0 Å². The molecule has 2 aromatic rings. The zero-order valence-corrected chi connectivity index (χ0v) is 13.9. The Labute approximate surface area is 138 Å². The molecule has 1 amide bonds. The maximum Gasteiger partial charge on any atom is 0.332 e. The van der Waals surface area contributed by atoms with Crippen LogP contribution in [0.15, 0.2) is 21.7 Å². The van der Waals surface area contributed by atoms with E-state index < -0.39 is 11.2 Å². The average molecular weight is 332 g/mol. The van der Waals surface area contributed by atoms with Gasteiger partial charge < -0.3 is 10.1 Å². The fraction of sp³-hybridized carbons (Fsp3) is 0.500. The number of hydrogen-bond donors (Lipinski definition) is 1. The number of carbonyl (C=O) groups is 1. The molecular formula is C16H20N4O4. The summed E-state index contributed by atoms with van der Waals surface area (Å²) in [5, 5.41) is 3.16. The Balaban J connectivity index is 1.94. The van der Waals surface area contributed by atoms with Crippen molar-refractivity contribution >= 4 is 16.9 Å². The summed E-state index contributed by atoms with van der Waals surface area (Å²) in [6, 6.07) is 2.88. The molecule has 0 radical (unpaired) electrons. The Bertz CT molecular complexity index is 909. The summed E-state index contributed by atoms with van der Waals surface area (Å²) in [5.41, 5.74) is -0.554. The largest absolute Gasteiger partial charge is 0.376 e. The van der Waals surface area contributed by atoms with Crippen LogP contribution in [0.4, 0.5) is 0 Å². The molecule has 1 aliphatic rings. The number of rotatable bonds is 3. The van der Waals surface area contributed by atoms with Crippen LogP contribution < -0.4 is 16.6 Å². The highest BCUT2D eigenvalue weighted by Gasteiger charge is 2.24. The molecule has 128 valence electrons. The van der Waals surface area contributed by atoms with Crippen molar-refractivity contribution in [2.45, 2.75) is 31.9 Å². The number of carbonyl (C=O) groups excluding carboxylic acids is 1. The fourth-order valence-electron chi connectivity index (χ4n) is 2.95. The number of ether oxygens (including phenoxy) is 1. The van der Waals surface area contributed by atoms with Crippen molar-refractivity contribution in [1.29, 1.82) is 0 Å². The van der Waals surface area contributed by atoms with E-state index in [0.29, 0.717) is 12.0 Å². The van der Waals surface area contributed by atoms with Crippen molar-refractivity contribution < 1.29 is 9.53 Å². The summed E-state index contributed by atoms with van der Waals surface area (Å²) < 4.78 is 7.84. The Kier molecular flexibility index (Phi) is 4.23. The van der Waals surface area contributed by atoms with Crippen molar-refractivity contribution in [3.8, 4) is 0 Å². The Hall–Kier alpha value is -2.48. The van der Waals surface area contributed by atoms with Gasteiger partial charge in [-0.3, -0.25) is 18.7 Å². The number of fused-ring (bicyclic) bond motifs is 1. The lowest BCUT2D eigenvalue weighted by Gasteiger charge is -2.19. The number of aryl methyl sites for hydroxylation is 1. The van der Waals surface area contributed by atoms with E-state index in [1.54, 1.807) is 0 Å². The second-order valence-corrected chi connectivity index (χ2v) is 6.09. The standard InChI is InChI=1S/C16H20N4O4/c1-9(12-5-4-8-24-12)17-14(21)11-7-6-10-13(18-11)19(2)16(23)20(3)15(10)22/h6-7,9,12H,4-5,8H2,1-3H3,(H,17,21)/t9-,12-/m1/s1. The summed E-state index contributed by atoms with van der Waals surface area (Å²) in [7, 11) is 2.93. The minimum atomic E-state index is -0.481. The van der Waals surface area contributed by atoms with Gasteiger partial charge in [-0.2, -0.15) is 0 Å². The van der Waals surface area contributed by atoms with Crippen molar-refractivity contribution in [2.75, 3.05) is 6.61 Å². The number of aromatic nitrogens is 3. The van der Waals surface area contributed by atoms with E-state index in [1.165, 1.54) is 30.8 Å². The monoisotopic (exact) mass is 332 g/mol. The first-order valence-corrected chi connectivity index (χ1v) is 7.89. The summed E-state index contributed by atoms with van der Waals surface area (Å²) >= 11 is 0. The molecule has 8 heteroatoms. The van der Waals surface area contributed by atoms with E-state index in [-0.39, 0.29) is 29.4 Å². The lowest BCUT2D eigenvalue weighted by Crippen LogP contribution is -2.41. The zero-order valence-electron chi connectivity index (χ0n) is 13.9. The highest BCUT2D eigenvalue weighted by molar-refractivity contribution is 5.94. The highest BCUT2D eigenvalue weighted by Crippen LogP contribution is 2.16. The molecule has 8 nitrogen and oxygen atoms in total. The van der Waals surface area contributed by atoms with Gasteiger partial charge in [0.05, 0.1) is 17.5 Å². The minimum Gasteiger partial charge on any atom is -0.376 e. The van der Waals surface area contributed by atoms with Crippen LogP contribution in [0, 0.1) is 0 Å². The predicted molar refractivity (Wildman–Crippen MR) is 88.1 cm³/mol. The molecule has 0 aliphatic carbocycles. The van der Waals surface area contributed by atoms with Gasteiger partial charge >= 0.3 is 5.69 Å². The van der Waals surface area contributed by atoms with Crippen LogP contribution in [0.3, 0.4) is 0 Å². The van der Waals surface area contributed by atoms with Crippen LogP contribution in [0.5, 0.6) is 0 Å². The van der Waals surface area contributed by atoms with Crippen LogP contribution in [0.25, 0.3) is 11.0 Å². The second-order valence-electron chi connectivity index (χ2n) is 6.09. The lowest BCUT2D eigenvalue weighted by atomic mass is 10.1. The van der Waals surface area contributed by atoms with Gasteiger partial charge in [0, 0.05) is 20.7 Å². The molecule has 0 bridgehead atoms. The Morgan fingerprint density at radius 3 is 2.75 bits per heavy atom. The van der Waals surface area contributed by atoms with E-state index in [9.17, 15) is 14.4 Å². The first-order chi connectivity index (χ1) is 11.4. The van der Waals surface area contributed by atoms with Crippen LogP contribution in [0.2, 0.25) is 0 Å². The molecule has 0 saturated carbocycles. The first kappa shape index (κ1) is 16.4. The third-order valence-corrected chi connectivity index (χ3v) is 4.42. The van der Waals surface area contributed by atoms with Gasteiger partial charge in [-0.25, -0.2) is 9.78 Å². The van der Waals surface area contributed by atoms with E-state index >= 15 is 0 Å². The fourth-order valence-corrected chi connectivity index (χ4v) is 2.95. The normalized spacial score (nSPS) is 18.7. The van der Waals surface area contributed by atoms with Gasteiger partial charge in [-0.1, -0.05) is 0 Å². The van der Waals surface area contributed by atoms with Gasteiger partial charge in [-0.05, 0) is 31.9 Å². The molecule has 1 aliphatic heterocycles. The minimum absolute atomic E-state index is 0.00561. The number of pyridine rings is 1. The van der Waals surface area contributed by atoms with Crippen LogP contribution in [-0.4, -0.2) is 38.8 Å². The van der Waals surface area contributed by atoms with Crippen LogP contribution >= 0.6 is 0 Å². The van der Waals surface area contributed by atoms with Crippen LogP contribution in [0.1, 0.15) is 30.3 Å². The highest BCUT2D eigenvalue weighted by atomic mass is 16.5. The smallest absolute Gasteiger partial charge is 0.332 e. The van der Waals surface area contributed by atoms with E-state index in [4.69, 9.17) is 4.74 Å². The van der Waals surface area contributed by atoms with E-state index in [0.717, 1.165) is 17.4 Å². The molecule has 0 spiro atoms. The molecule has 0 aromatic carbocycles. The SMILES string of the molecule is C[C@@H](NC(=O)c1ccc2c(=O)n(C)c(=O)n(C)c2n1)[C@H]1CCCO1. The summed E-state index contributed by atoms with van der Waals surface area (Å²) in [5.74, 6) is -0.354. The molecule has 24 heavy (non-hydrogen) atoms.